The Balaban J connectivity index is 2.16. The molecule has 1 saturated heterocycles. The van der Waals surface area contributed by atoms with Crippen molar-refractivity contribution in [2.75, 3.05) is 31.2 Å². The van der Waals surface area contributed by atoms with Crippen LogP contribution in [0, 0.1) is 17.1 Å². The molecule has 0 atom stereocenters. The number of primary amides is 1. The van der Waals surface area contributed by atoms with Crippen LogP contribution in [-0.2, 0) is 4.74 Å². The molecule has 0 aliphatic carbocycles. The zero-order chi connectivity index (χ0) is 16.4. The highest BCUT2D eigenvalue weighted by Crippen LogP contribution is 2.41. The Hall–Kier alpha value is -2.43. The van der Waals surface area contributed by atoms with Gasteiger partial charge >= 0.3 is 0 Å². The fourth-order valence-corrected chi connectivity index (χ4v) is 3.75. The molecule has 1 aromatic carbocycles. The molecule has 118 valence electrons. The lowest BCUT2D eigenvalue weighted by atomic mass is 10.0. The number of rotatable bonds is 3. The molecule has 0 unspecified atom stereocenters. The van der Waals surface area contributed by atoms with Crippen molar-refractivity contribution in [1.82, 2.24) is 0 Å². The van der Waals surface area contributed by atoms with Crippen molar-refractivity contribution < 1.29 is 13.9 Å². The first-order valence-corrected chi connectivity index (χ1v) is 7.88. The van der Waals surface area contributed by atoms with Gasteiger partial charge in [-0.2, -0.15) is 5.26 Å². The standard InChI is InChI=1S/C16H14FN3O2S/c17-11-3-1-10(2-4-11)13-12(9-18)16(23-14(13)15(19)21)20-5-7-22-8-6-20/h1-4H,5-8H2,(H2,19,21). The van der Waals surface area contributed by atoms with Gasteiger partial charge in [0.1, 0.15) is 21.8 Å². The molecule has 7 heteroatoms. The number of nitrogens with two attached hydrogens (primary N) is 1. The molecule has 2 aromatic rings. The third-order valence-corrected chi connectivity index (χ3v) is 4.92. The third kappa shape index (κ3) is 2.91. The fourth-order valence-electron chi connectivity index (χ4n) is 2.58. The molecular formula is C16H14FN3O2S. The van der Waals surface area contributed by atoms with Gasteiger partial charge in [0.05, 0.1) is 18.8 Å². The molecule has 0 spiro atoms. The van der Waals surface area contributed by atoms with Crippen LogP contribution >= 0.6 is 11.3 Å². The number of amides is 1. The van der Waals surface area contributed by atoms with E-state index in [0.717, 1.165) is 0 Å². The van der Waals surface area contributed by atoms with Crippen molar-refractivity contribution in [3.8, 4) is 17.2 Å². The molecular weight excluding hydrogens is 317 g/mol. The Kier molecular flexibility index (Phi) is 4.28. The number of hydrogen-bond donors (Lipinski definition) is 1. The third-order valence-electron chi connectivity index (χ3n) is 3.66. The van der Waals surface area contributed by atoms with Crippen LogP contribution in [0.25, 0.3) is 11.1 Å². The average Bonchev–Trinajstić information content (AvgIpc) is 2.96. The summed E-state index contributed by atoms with van der Waals surface area (Å²) in [5.41, 5.74) is 6.98. The normalized spacial score (nSPS) is 14.5. The van der Waals surface area contributed by atoms with E-state index >= 15 is 0 Å². The predicted molar refractivity (Wildman–Crippen MR) is 86.0 cm³/mol. The van der Waals surface area contributed by atoms with Crippen molar-refractivity contribution in [2.45, 2.75) is 0 Å². The van der Waals surface area contributed by atoms with Crippen LogP contribution in [0.1, 0.15) is 15.2 Å². The van der Waals surface area contributed by atoms with Crippen LogP contribution in [0.15, 0.2) is 24.3 Å². The van der Waals surface area contributed by atoms with Crippen molar-refractivity contribution in [1.29, 1.82) is 5.26 Å². The van der Waals surface area contributed by atoms with Gasteiger partial charge < -0.3 is 15.4 Å². The van der Waals surface area contributed by atoms with E-state index < -0.39 is 5.91 Å². The lowest BCUT2D eigenvalue weighted by Crippen LogP contribution is -2.36. The van der Waals surface area contributed by atoms with Crippen molar-refractivity contribution >= 4 is 22.2 Å². The molecule has 5 nitrogen and oxygen atoms in total. The number of halogens is 1. The number of hydrogen-bond acceptors (Lipinski definition) is 5. The topological polar surface area (TPSA) is 79.3 Å². The van der Waals surface area contributed by atoms with Crippen LogP contribution in [-0.4, -0.2) is 32.2 Å². The summed E-state index contributed by atoms with van der Waals surface area (Å²) in [5, 5.41) is 10.3. The maximum absolute atomic E-state index is 13.2. The number of thiophene rings is 1. The lowest BCUT2D eigenvalue weighted by molar-refractivity contribution is 0.100. The Bertz CT molecular complexity index is 774. The molecule has 0 saturated carbocycles. The predicted octanol–water partition coefficient (Wildman–Crippen LogP) is 2.36. The highest BCUT2D eigenvalue weighted by molar-refractivity contribution is 7.18. The Morgan fingerprint density at radius 1 is 1.30 bits per heavy atom. The highest BCUT2D eigenvalue weighted by atomic mass is 32.1. The van der Waals surface area contributed by atoms with E-state index in [-0.39, 0.29) is 5.82 Å². The highest BCUT2D eigenvalue weighted by Gasteiger charge is 2.26. The number of carbonyl (C=O) groups excluding carboxylic acids is 1. The maximum Gasteiger partial charge on any atom is 0.259 e. The quantitative estimate of drug-likeness (QED) is 0.936. The smallest absolute Gasteiger partial charge is 0.259 e. The zero-order valence-corrected chi connectivity index (χ0v) is 13.0. The summed E-state index contributed by atoms with van der Waals surface area (Å²) in [6.45, 7) is 2.44. The van der Waals surface area contributed by atoms with E-state index in [0.29, 0.717) is 52.9 Å². The molecule has 1 aliphatic heterocycles. The Morgan fingerprint density at radius 2 is 1.96 bits per heavy atom. The van der Waals surface area contributed by atoms with E-state index in [4.69, 9.17) is 10.5 Å². The minimum atomic E-state index is -0.592. The second-order valence-electron chi connectivity index (χ2n) is 5.07. The van der Waals surface area contributed by atoms with Gasteiger partial charge in [0.2, 0.25) is 0 Å². The van der Waals surface area contributed by atoms with E-state index in [1.54, 1.807) is 12.1 Å². The van der Waals surface area contributed by atoms with Crippen LogP contribution in [0.5, 0.6) is 0 Å². The number of nitriles is 1. The molecule has 1 aliphatic rings. The molecule has 2 heterocycles. The molecule has 0 bridgehead atoms. The molecule has 23 heavy (non-hydrogen) atoms. The van der Waals surface area contributed by atoms with Gasteiger partial charge in [-0.3, -0.25) is 4.79 Å². The number of morpholine rings is 1. The monoisotopic (exact) mass is 331 g/mol. The minimum Gasteiger partial charge on any atom is -0.378 e. The number of anilines is 1. The summed E-state index contributed by atoms with van der Waals surface area (Å²) in [6, 6.07) is 7.87. The molecule has 1 aromatic heterocycles. The van der Waals surface area contributed by atoms with Crippen molar-refractivity contribution in [2.24, 2.45) is 5.73 Å². The first-order chi connectivity index (χ1) is 11.1. The lowest BCUT2D eigenvalue weighted by Gasteiger charge is -2.27. The Labute approximate surface area is 136 Å². The summed E-state index contributed by atoms with van der Waals surface area (Å²) in [5.74, 6) is -0.971. The number of nitrogens with zero attached hydrogens (tertiary/aromatic N) is 2. The van der Waals surface area contributed by atoms with Crippen molar-refractivity contribution in [3.05, 3.63) is 40.5 Å². The van der Waals surface area contributed by atoms with Crippen LogP contribution in [0.2, 0.25) is 0 Å². The average molecular weight is 331 g/mol. The molecule has 1 amide bonds. The second-order valence-corrected chi connectivity index (χ2v) is 6.07. The summed E-state index contributed by atoms with van der Waals surface area (Å²) in [6.07, 6.45) is 0. The van der Waals surface area contributed by atoms with Crippen LogP contribution < -0.4 is 10.6 Å². The van der Waals surface area contributed by atoms with Crippen LogP contribution in [0.4, 0.5) is 9.39 Å². The van der Waals surface area contributed by atoms with E-state index in [1.807, 2.05) is 4.90 Å². The molecule has 3 rings (SSSR count). The zero-order valence-electron chi connectivity index (χ0n) is 12.2. The van der Waals surface area contributed by atoms with Crippen molar-refractivity contribution in [3.63, 3.8) is 0 Å². The van der Waals surface area contributed by atoms with Crippen LogP contribution in [0.3, 0.4) is 0 Å². The molecule has 1 fully saturated rings. The van der Waals surface area contributed by atoms with E-state index in [2.05, 4.69) is 6.07 Å². The SMILES string of the molecule is N#Cc1c(N2CCOCC2)sc(C(N)=O)c1-c1ccc(F)cc1. The van der Waals surface area contributed by atoms with Gasteiger partial charge in [-0.05, 0) is 17.7 Å². The van der Waals surface area contributed by atoms with Gasteiger partial charge in [-0.1, -0.05) is 12.1 Å². The van der Waals surface area contributed by atoms with Gasteiger partial charge in [-0.15, -0.1) is 11.3 Å². The van der Waals surface area contributed by atoms with Gasteiger partial charge in [-0.25, -0.2) is 4.39 Å². The second kappa shape index (κ2) is 6.36. The summed E-state index contributed by atoms with van der Waals surface area (Å²) in [4.78, 5) is 14.2. The fraction of sp³-hybridized carbons (Fsp3) is 0.250. The van der Waals surface area contributed by atoms with Gasteiger partial charge in [0.25, 0.3) is 5.91 Å². The first-order valence-electron chi connectivity index (χ1n) is 7.07. The Morgan fingerprint density at radius 3 is 2.52 bits per heavy atom. The molecule has 2 N–H and O–H groups in total. The van der Waals surface area contributed by atoms with Gasteiger partial charge in [0, 0.05) is 18.7 Å². The van der Waals surface area contributed by atoms with E-state index in [1.165, 1.54) is 23.5 Å². The molecule has 0 radical (unpaired) electrons. The summed E-state index contributed by atoms with van der Waals surface area (Å²) in [7, 11) is 0. The number of benzene rings is 1. The minimum absolute atomic E-state index is 0.314. The number of ether oxygens (including phenoxy) is 1. The summed E-state index contributed by atoms with van der Waals surface area (Å²) < 4.78 is 18.5. The van der Waals surface area contributed by atoms with E-state index in [9.17, 15) is 14.4 Å². The summed E-state index contributed by atoms with van der Waals surface area (Å²) >= 11 is 1.20. The maximum atomic E-state index is 13.2. The first kappa shape index (κ1) is 15.5. The number of carbonyl (C=O) groups is 1. The largest absolute Gasteiger partial charge is 0.378 e. The van der Waals surface area contributed by atoms with Gasteiger partial charge in [0.15, 0.2) is 0 Å².